The highest BCUT2D eigenvalue weighted by Gasteiger charge is 2.22. The summed E-state index contributed by atoms with van der Waals surface area (Å²) in [6.45, 7) is 7.11. The molecule has 0 saturated carbocycles. The predicted molar refractivity (Wildman–Crippen MR) is 66.1 cm³/mol. The highest BCUT2D eigenvalue weighted by Crippen LogP contribution is 2.28. The minimum Gasteiger partial charge on any atom is -0.321 e. The Hall–Kier alpha value is -0.450. The zero-order chi connectivity index (χ0) is 11.6. The van der Waals surface area contributed by atoms with Crippen molar-refractivity contribution in [1.82, 2.24) is 9.88 Å². The van der Waals surface area contributed by atoms with E-state index in [1.54, 1.807) is 11.3 Å². The van der Waals surface area contributed by atoms with E-state index in [4.69, 9.17) is 5.73 Å². The Bertz CT molecular complexity index is 323. The van der Waals surface area contributed by atoms with E-state index in [9.17, 15) is 0 Å². The van der Waals surface area contributed by atoms with Gasteiger partial charge in [-0.25, -0.2) is 4.98 Å². The van der Waals surface area contributed by atoms with Crippen LogP contribution in [0.2, 0.25) is 0 Å². The fraction of sp³-hybridized carbons (Fsp3) is 0.727. The first-order valence-electron chi connectivity index (χ1n) is 5.27. The lowest BCUT2D eigenvalue weighted by Gasteiger charge is -2.17. The van der Waals surface area contributed by atoms with Crippen LogP contribution in [0.25, 0.3) is 0 Å². The van der Waals surface area contributed by atoms with E-state index in [0.717, 1.165) is 23.7 Å². The minimum atomic E-state index is -0.270. The zero-order valence-corrected chi connectivity index (χ0v) is 11.1. The third-order valence-electron chi connectivity index (χ3n) is 2.11. The lowest BCUT2D eigenvalue weighted by molar-refractivity contribution is 0.401. The van der Waals surface area contributed by atoms with Crippen molar-refractivity contribution in [2.75, 3.05) is 14.1 Å². The summed E-state index contributed by atoms with van der Waals surface area (Å²) in [6.07, 6.45) is 0.958. The molecule has 0 atom stereocenters. The SMILES string of the molecule is CCc1nc(CN(C)C)sc1C(C)(C)N. The van der Waals surface area contributed by atoms with Crippen LogP contribution in [0.5, 0.6) is 0 Å². The molecular weight excluding hydrogens is 206 g/mol. The second kappa shape index (κ2) is 4.60. The van der Waals surface area contributed by atoms with Crippen LogP contribution in [0.4, 0.5) is 0 Å². The van der Waals surface area contributed by atoms with E-state index in [0.29, 0.717) is 0 Å². The third kappa shape index (κ3) is 3.26. The molecule has 0 aromatic carbocycles. The van der Waals surface area contributed by atoms with E-state index < -0.39 is 0 Å². The highest BCUT2D eigenvalue weighted by molar-refractivity contribution is 7.11. The molecule has 0 aliphatic carbocycles. The van der Waals surface area contributed by atoms with Gasteiger partial charge in [0.25, 0.3) is 0 Å². The molecule has 0 radical (unpaired) electrons. The molecular formula is C11H21N3S. The Labute approximate surface area is 96.3 Å². The van der Waals surface area contributed by atoms with Gasteiger partial charge in [0.1, 0.15) is 5.01 Å². The van der Waals surface area contributed by atoms with Crippen LogP contribution in [0.3, 0.4) is 0 Å². The fourth-order valence-corrected chi connectivity index (χ4v) is 2.77. The molecule has 0 amide bonds. The highest BCUT2D eigenvalue weighted by atomic mass is 32.1. The number of hydrogen-bond donors (Lipinski definition) is 1. The maximum atomic E-state index is 6.13. The summed E-state index contributed by atoms with van der Waals surface area (Å²) in [5.74, 6) is 0. The van der Waals surface area contributed by atoms with Gasteiger partial charge < -0.3 is 10.6 Å². The first-order chi connectivity index (χ1) is 6.84. The second-order valence-electron chi connectivity index (χ2n) is 4.70. The van der Waals surface area contributed by atoms with E-state index >= 15 is 0 Å². The summed E-state index contributed by atoms with van der Waals surface area (Å²) in [6, 6.07) is 0. The Morgan fingerprint density at radius 3 is 2.33 bits per heavy atom. The second-order valence-corrected chi connectivity index (χ2v) is 5.78. The maximum Gasteiger partial charge on any atom is 0.107 e. The van der Waals surface area contributed by atoms with Gasteiger partial charge in [0, 0.05) is 17.0 Å². The van der Waals surface area contributed by atoms with Gasteiger partial charge in [0.15, 0.2) is 0 Å². The van der Waals surface area contributed by atoms with Crippen molar-refractivity contribution in [2.45, 2.75) is 39.3 Å². The molecule has 1 aromatic heterocycles. The molecule has 1 aromatic rings. The molecule has 4 heteroatoms. The molecule has 3 nitrogen and oxygen atoms in total. The third-order valence-corrected chi connectivity index (χ3v) is 3.54. The van der Waals surface area contributed by atoms with Gasteiger partial charge in [-0.15, -0.1) is 11.3 Å². The van der Waals surface area contributed by atoms with E-state index in [-0.39, 0.29) is 5.54 Å². The van der Waals surface area contributed by atoms with E-state index in [1.165, 1.54) is 4.88 Å². The average molecular weight is 227 g/mol. The van der Waals surface area contributed by atoms with Gasteiger partial charge in [0.2, 0.25) is 0 Å². The van der Waals surface area contributed by atoms with Gasteiger partial charge in [-0.3, -0.25) is 0 Å². The normalized spacial score (nSPS) is 12.5. The number of rotatable bonds is 4. The van der Waals surface area contributed by atoms with E-state index in [2.05, 4.69) is 30.9 Å². The minimum absolute atomic E-state index is 0.270. The Morgan fingerprint density at radius 2 is 2.00 bits per heavy atom. The Balaban J connectivity index is 3.01. The molecule has 0 saturated heterocycles. The van der Waals surface area contributed by atoms with Crippen molar-refractivity contribution < 1.29 is 0 Å². The molecule has 15 heavy (non-hydrogen) atoms. The average Bonchev–Trinajstić information content (AvgIpc) is 2.45. The summed E-state index contributed by atoms with van der Waals surface area (Å²) in [4.78, 5) is 7.99. The summed E-state index contributed by atoms with van der Waals surface area (Å²) in [5, 5.41) is 1.16. The molecule has 0 bridgehead atoms. The molecule has 1 heterocycles. The van der Waals surface area contributed by atoms with Crippen molar-refractivity contribution in [2.24, 2.45) is 5.73 Å². The van der Waals surface area contributed by atoms with Crippen LogP contribution in [-0.2, 0) is 18.5 Å². The molecule has 0 aliphatic rings. The Kier molecular flexibility index (Phi) is 3.87. The molecule has 0 spiro atoms. The molecule has 0 aliphatic heterocycles. The summed E-state index contributed by atoms with van der Waals surface area (Å²) in [5.41, 5.74) is 7.02. The number of aryl methyl sites for hydroxylation is 1. The van der Waals surface area contributed by atoms with E-state index in [1.807, 2.05) is 13.8 Å². The lowest BCUT2D eigenvalue weighted by atomic mass is 10.0. The largest absolute Gasteiger partial charge is 0.321 e. The van der Waals surface area contributed by atoms with Crippen molar-refractivity contribution >= 4 is 11.3 Å². The molecule has 86 valence electrons. The monoisotopic (exact) mass is 227 g/mol. The zero-order valence-electron chi connectivity index (χ0n) is 10.3. The fourth-order valence-electron chi connectivity index (χ4n) is 1.48. The van der Waals surface area contributed by atoms with Crippen molar-refractivity contribution in [3.8, 4) is 0 Å². The van der Waals surface area contributed by atoms with Crippen LogP contribution < -0.4 is 5.73 Å². The smallest absolute Gasteiger partial charge is 0.107 e. The van der Waals surface area contributed by atoms with Gasteiger partial charge in [0.05, 0.1) is 5.69 Å². The number of nitrogens with zero attached hydrogens (tertiary/aromatic N) is 2. The number of thiazole rings is 1. The van der Waals surface area contributed by atoms with Gasteiger partial charge in [-0.05, 0) is 34.4 Å². The first kappa shape index (κ1) is 12.6. The lowest BCUT2D eigenvalue weighted by Crippen LogP contribution is -2.28. The quantitative estimate of drug-likeness (QED) is 0.855. The standard InChI is InChI=1S/C11H21N3S/c1-6-8-10(11(2,3)12)15-9(13-8)7-14(4)5/h6-7,12H2,1-5H3. The topological polar surface area (TPSA) is 42.2 Å². The molecule has 0 unspecified atom stereocenters. The number of aromatic nitrogens is 1. The van der Waals surface area contributed by atoms with Crippen LogP contribution in [0.15, 0.2) is 0 Å². The van der Waals surface area contributed by atoms with Crippen LogP contribution in [0.1, 0.15) is 36.3 Å². The maximum absolute atomic E-state index is 6.13. The van der Waals surface area contributed by atoms with Gasteiger partial charge >= 0.3 is 0 Å². The van der Waals surface area contributed by atoms with Crippen molar-refractivity contribution in [3.63, 3.8) is 0 Å². The Morgan fingerprint density at radius 1 is 1.40 bits per heavy atom. The molecule has 1 rings (SSSR count). The molecule has 0 fully saturated rings. The van der Waals surface area contributed by atoms with Crippen LogP contribution in [0, 0.1) is 0 Å². The van der Waals surface area contributed by atoms with Crippen LogP contribution in [-0.4, -0.2) is 24.0 Å². The van der Waals surface area contributed by atoms with Gasteiger partial charge in [-0.2, -0.15) is 0 Å². The predicted octanol–water partition coefficient (Wildman–Crippen LogP) is 1.96. The van der Waals surface area contributed by atoms with Crippen molar-refractivity contribution in [1.29, 1.82) is 0 Å². The first-order valence-corrected chi connectivity index (χ1v) is 6.09. The number of hydrogen-bond acceptors (Lipinski definition) is 4. The van der Waals surface area contributed by atoms with Crippen LogP contribution >= 0.6 is 11.3 Å². The summed E-state index contributed by atoms with van der Waals surface area (Å²) >= 11 is 1.74. The van der Waals surface area contributed by atoms with Gasteiger partial charge in [-0.1, -0.05) is 6.92 Å². The molecule has 2 N–H and O–H groups in total. The summed E-state index contributed by atoms with van der Waals surface area (Å²) < 4.78 is 0. The summed E-state index contributed by atoms with van der Waals surface area (Å²) in [7, 11) is 4.11. The number of nitrogens with two attached hydrogens (primary N) is 1. The van der Waals surface area contributed by atoms with Crippen molar-refractivity contribution in [3.05, 3.63) is 15.6 Å².